The Kier molecular flexibility index (Phi) is 4.96. The van der Waals surface area contributed by atoms with Crippen LogP contribution in [0.1, 0.15) is 23.7 Å². The first-order valence-corrected chi connectivity index (χ1v) is 6.77. The Hall–Kier alpha value is -2.88. The molecule has 2 aromatic carbocycles. The fourth-order valence-corrected chi connectivity index (χ4v) is 1.92. The van der Waals surface area contributed by atoms with Crippen LogP contribution in [-0.2, 0) is 0 Å². The van der Waals surface area contributed by atoms with E-state index in [1.54, 1.807) is 0 Å². The van der Waals surface area contributed by atoms with Crippen molar-refractivity contribution in [2.45, 2.75) is 18.6 Å². The Labute approximate surface area is 132 Å². The van der Waals surface area contributed by atoms with Crippen LogP contribution in [0.3, 0.4) is 0 Å². The number of aliphatic hydroxyl groups is 2. The van der Waals surface area contributed by atoms with Gasteiger partial charge in [-0.2, -0.15) is 0 Å². The van der Waals surface area contributed by atoms with Gasteiger partial charge < -0.3 is 30.6 Å². The van der Waals surface area contributed by atoms with Crippen LogP contribution >= 0.6 is 0 Å². The predicted octanol–water partition coefficient (Wildman–Crippen LogP) is 1.35. The summed E-state index contributed by atoms with van der Waals surface area (Å²) >= 11 is 0. The van der Waals surface area contributed by atoms with Crippen molar-refractivity contribution in [2.24, 2.45) is 0 Å². The van der Waals surface area contributed by atoms with E-state index >= 15 is 0 Å². The van der Waals surface area contributed by atoms with Gasteiger partial charge in [-0.3, -0.25) is 0 Å². The van der Waals surface area contributed by atoms with Gasteiger partial charge in [0, 0.05) is 12.0 Å². The zero-order chi connectivity index (χ0) is 17.0. The maximum Gasteiger partial charge on any atom is 0.158 e. The van der Waals surface area contributed by atoms with Gasteiger partial charge in [0.05, 0.1) is 6.10 Å². The Bertz CT molecular complexity index is 759. The van der Waals surface area contributed by atoms with E-state index in [9.17, 15) is 30.6 Å². The van der Waals surface area contributed by atoms with Crippen molar-refractivity contribution in [1.82, 2.24) is 0 Å². The highest BCUT2D eigenvalue weighted by molar-refractivity contribution is 5.46. The van der Waals surface area contributed by atoms with Crippen molar-refractivity contribution in [3.63, 3.8) is 0 Å². The summed E-state index contributed by atoms with van der Waals surface area (Å²) in [5, 5.41) is 57.1. The van der Waals surface area contributed by atoms with Gasteiger partial charge in [-0.15, -0.1) is 0 Å². The third-order valence-electron chi connectivity index (χ3n) is 3.22. The minimum absolute atomic E-state index is 0.0511. The van der Waals surface area contributed by atoms with Crippen LogP contribution in [0.2, 0.25) is 0 Å². The van der Waals surface area contributed by atoms with Crippen molar-refractivity contribution in [1.29, 1.82) is 0 Å². The van der Waals surface area contributed by atoms with Crippen molar-refractivity contribution in [3.8, 4) is 34.8 Å². The molecule has 0 aromatic heterocycles. The first-order chi connectivity index (χ1) is 10.9. The van der Waals surface area contributed by atoms with E-state index in [1.165, 1.54) is 30.3 Å². The van der Waals surface area contributed by atoms with Crippen LogP contribution in [0.15, 0.2) is 36.4 Å². The molecule has 120 valence electrons. The molecule has 6 heteroatoms. The highest BCUT2D eigenvalue weighted by Gasteiger charge is 2.18. The molecule has 23 heavy (non-hydrogen) atoms. The Balaban J connectivity index is 2.04. The molecule has 0 bridgehead atoms. The Morgan fingerprint density at radius 1 is 0.783 bits per heavy atom. The Morgan fingerprint density at radius 2 is 1.39 bits per heavy atom. The summed E-state index contributed by atoms with van der Waals surface area (Å²) in [6.45, 7) is 0. The lowest BCUT2D eigenvalue weighted by atomic mass is 10.0. The Morgan fingerprint density at radius 3 is 2.00 bits per heavy atom. The van der Waals surface area contributed by atoms with Crippen LogP contribution in [0, 0.1) is 11.8 Å². The molecule has 6 nitrogen and oxygen atoms in total. The number of hydrogen-bond acceptors (Lipinski definition) is 6. The molecule has 0 spiro atoms. The first kappa shape index (κ1) is 16.5. The maximum absolute atomic E-state index is 10.00. The molecule has 0 fully saturated rings. The van der Waals surface area contributed by atoms with Crippen molar-refractivity contribution in [2.75, 3.05) is 0 Å². The summed E-state index contributed by atoms with van der Waals surface area (Å²) in [7, 11) is 0. The molecule has 0 radical (unpaired) electrons. The zero-order valence-electron chi connectivity index (χ0n) is 12.0. The molecule has 2 aromatic rings. The summed E-state index contributed by atoms with van der Waals surface area (Å²) in [4.78, 5) is 0. The molecule has 0 amide bonds. The van der Waals surface area contributed by atoms with Gasteiger partial charge in [0.25, 0.3) is 0 Å². The standard InChI is InChI=1S/C17H16O6/c18-12-6-4-10(8-15(12)21)2-1-3-14(20)17(23)11-5-7-13(19)16(22)9-11/h4-9,14,17-23H,3H2/t14-,17-/m1/s1. The second-order valence-corrected chi connectivity index (χ2v) is 4.97. The number of benzene rings is 2. The lowest BCUT2D eigenvalue weighted by molar-refractivity contribution is 0.0217. The van der Waals surface area contributed by atoms with E-state index in [0.717, 1.165) is 6.07 Å². The normalized spacial score (nSPS) is 13.0. The van der Waals surface area contributed by atoms with E-state index in [4.69, 9.17) is 0 Å². The monoisotopic (exact) mass is 316 g/mol. The third kappa shape index (κ3) is 4.07. The van der Waals surface area contributed by atoms with Crippen LogP contribution < -0.4 is 0 Å². The van der Waals surface area contributed by atoms with Gasteiger partial charge in [0.15, 0.2) is 23.0 Å². The second-order valence-electron chi connectivity index (χ2n) is 4.97. The van der Waals surface area contributed by atoms with E-state index < -0.39 is 12.2 Å². The van der Waals surface area contributed by atoms with Crippen molar-refractivity contribution >= 4 is 0 Å². The zero-order valence-corrected chi connectivity index (χ0v) is 12.0. The average Bonchev–Trinajstić information content (AvgIpc) is 2.52. The molecular formula is C17H16O6. The summed E-state index contributed by atoms with van der Waals surface area (Å²) < 4.78 is 0. The summed E-state index contributed by atoms with van der Waals surface area (Å²) in [5.74, 6) is 4.10. The minimum atomic E-state index is -1.27. The molecule has 0 aliphatic rings. The van der Waals surface area contributed by atoms with Crippen LogP contribution in [-0.4, -0.2) is 36.7 Å². The minimum Gasteiger partial charge on any atom is -0.504 e. The van der Waals surface area contributed by atoms with Gasteiger partial charge >= 0.3 is 0 Å². The van der Waals surface area contributed by atoms with Gasteiger partial charge in [-0.25, -0.2) is 0 Å². The van der Waals surface area contributed by atoms with Gasteiger partial charge in [-0.1, -0.05) is 17.9 Å². The van der Waals surface area contributed by atoms with Crippen LogP contribution in [0.5, 0.6) is 23.0 Å². The third-order valence-corrected chi connectivity index (χ3v) is 3.22. The quantitative estimate of drug-likeness (QED) is 0.375. The van der Waals surface area contributed by atoms with E-state index in [0.29, 0.717) is 5.56 Å². The van der Waals surface area contributed by atoms with Crippen molar-refractivity contribution in [3.05, 3.63) is 47.5 Å². The first-order valence-electron chi connectivity index (χ1n) is 6.77. The lowest BCUT2D eigenvalue weighted by Crippen LogP contribution is -2.17. The number of aromatic hydroxyl groups is 4. The lowest BCUT2D eigenvalue weighted by Gasteiger charge is -2.16. The highest BCUT2D eigenvalue weighted by atomic mass is 16.3. The molecule has 0 saturated carbocycles. The number of rotatable bonds is 3. The summed E-state index contributed by atoms with van der Waals surface area (Å²) in [6.07, 6.45) is -2.52. The van der Waals surface area contributed by atoms with E-state index in [1.807, 2.05) is 0 Å². The van der Waals surface area contributed by atoms with Gasteiger partial charge in [-0.05, 0) is 35.9 Å². The number of aliphatic hydroxyl groups excluding tert-OH is 2. The molecule has 2 rings (SSSR count). The molecule has 0 aliphatic heterocycles. The van der Waals surface area contributed by atoms with Crippen LogP contribution in [0.25, 0.3) is 0 Å². The van der Waals surface area contributed by atoms with Gasteiger partial charge in [0.2, 0.25) is 0 Å². The number of phenolic OH excluding ortho intramolecular Hbond substituents is 4. The predicted molar refractivity (Wildman–Crippen MR) is 82.0 cm³/mol. The SMILES string of the molecule is Oc1ccc(C#CC[C@@H](O)[C@H](O)c2ccc(O)c(O)c2)cc1O. The molecule has 6 N–H and O–H groups in total. The van der Waals surface area contributed by atoms with Crippen molar-refractivity contribution < 1.29 is 30.6 Å². The topological polar surface area (TPSA) is 121 Å². The molecule has 0 heterocycles. The molecule has 0 unspecified atom stereocenters. The smallest absolute Gasteiger partial charge is 0.158 e. The van der Waals surface area contributed by atoms with Crippen LogP contribution in [0.4, 0.5) is 0 Å². The largest absolute Gasteiger partial charge is 0.504 e. The average molecular weight is 316 g/mol. The molecule has 2 atom stereocenters. The molecule has 0 aliphatic carbocycles. The second kappa shape index (κ2) is 6.92. The maximum atomic E-state index is 10.00. The molecule has 0 saturated heterocycles. The molecular weight excluding hydrogens is 300 g/mol. The fraction of sp³-hybridized carbons (Fsp3) is 0.176. The highest BCUT2D eigenvalue weighted by Crippen LogP contribution is 2.29. The summed E-state index contributed by atoms with van der Waals surface area (Å²) in [6, 6.07) is 7.84. The van der Waals surface area contributed by atoms with E-state index in [2.05, 4.69) is 11.8 Å². The number of phenols is 4. The van der Waals surface area contributed by atoms with E-state index in [-0.39, 0.29) is 35.0 Å². The number of hydrogen-bond donors (Lipinski definition) is 6. The fourth-order valence-electron chi connectivity index (χ4n) is 1.92. The van der Waals surface area contributed by atoms with Gasteiger partial charge in [0.1, 0.15) is 6.10 Å². The summed E-state index contributed by atoms with van der Waals surface area (Å²) in [5.41, 5.74) is 0.696.